The molecule has 0 aliphatic rings. The van der Waals surface area contributed by atoms with Crippen molar-refractivity contribution in [3.8, 4) is 0 Å². The Labute approximate surface area is 98.5 Å². The first-order valence-corrected chi connectivity index (χ1v) is 8.02. The van der Waals surface area contributed by atoms with Gasteiger partial charge in [0.25, 0.3) is 7.52 Å². The third-order valence-corrected chi connectivity index (χ3v) is 6.69. The molecule has 0 rings (SSSR count). The van der Waals surface area contributed by atoms with E-state index < -0.39 is 7.52 Å². The lowest BCUT2D eigenvalue weighted by Crippen LogP contribution is -2.22. The van der Waals surface area contributed by atoms with Crippen molar-refractivity contribution < 1.29 is 9.09 Å². The summed E-state index contributed by atoms with van der Waals surface area (Å²) in [5.74, 6) is 0. The van der Waals surface area contributed by atoms with E-state index in [9.17, 15) is 4.57 Å². The molecule has 0 radical (unpaired) electrons. The lowest BCUT2D eigenvalue weighted by molar-refractivity contribution is 0.185. The monoisotopic (exact) mass is 253 g/mol. The maximum atomic E-state index is 12.6. The molecule has 0 saturated heterocycles. The minimum Gasteiger partial charge on any atom is -0.316 e. The van der Waals surface area contributed by atoms with Crippen LogP contribution in [0.3, 0.4) is 0 Å². The lowest BCUT2D eigenvalue weighted by Gasteiger charge is -2.31. The van der Waals surface area contributed by atoms with E-state index in [1.807, 2.05) is 27.3 Å². The molecule has 0 N–H and O–H groups in total. The summed E-state index contributed by atoms with van der Waals surface area (Å²) in [6.07, 6.45) is 1.96. The van der Waals surface area contributed by atoms with Crippen molar-refractivity contribution in [1.82, 2.24) is 4.67 Å². The maximum Gasteiger partial charge on any atom is 0.284 e. The zero-order valence-electron chi connectivity index (χ0n) is 10.9. The van der Waals surface area contributed by atoms with Crippen molar-refractivity contribution >= 4 is 19.3 Å². The quantitative estimate of drug-likeness (QED) is 0.701. The fourth-order valence-electron chi connectivity index (χ4n) is 0.965. The van der Waals surface area contributed by atoms with Crippen LogP contribution in [0.15, 0.2) is 0 Å². The first kappa shape index (κ1) is 15.5. The minimum absolute atomic E-state index is 0.00912. The summed E-state index contributed by atoms with van der Waals surface area (Å²) in [5.41, 5.74) is 0.0454. The van der Waals surface area contributed by atoms with E-state index in [1.165, 1.54) is 0 Å². The molecule has 2 atom stereocenters. The van der Waals surface area contributed by atoms with E-state index in [4.69, 9.17) is 4.52 Å². The Balaban J connectivity index is 4.62. The van der Waals surface area contributed by atoms with Crippen LogP contribution in [0.5, 0.6) is 0 Å². The second kappa shape index (κ2) is 5.72. The van der Waals surface area contributed by atoms with Crippen LogP contribution in [0.4, 0.5) is 0 Å². The van der Waals surface area contributed by atoms with Gasteiger partial charge in [-0.1, -0.05) is 20.8 Å². The Bertz CT molecular complexity index is 238. The fraction of sp³-hybridized carbons (Fsp3) is 1.00. The number of hydrogen-bond donors (Lipinski definition) is 0. The summed E-state index contributed by atoms with van der Waals surface area (Å²) in [6, 6.07) is 0. The zero-order valence-corrected chi connectivity index (χ0v) is 12.6. The molecule has 0 amide bonds. The van der Waals surface area contributed by atoms with Gasteiger partial charge in [0.1, 0.15) is 0 Å². The second-order valence-electron chi connectivity index (χ2n) is 5.08. The van der Waals surface area contributed by atoms with Gasteiger partial charge in [-0.15, -0.1) is 0 Å². The molecule has 0 aromatic carbocycles. The van der Waals surface area contributed by atoms with Crippen LogP contribution in [-0.2, 0) is 9.09 Å². The number of thioether (sulfide) groups is 1. The Morgan fingerprint density at radius 3 is 2.13 bits per heavy atom. The average Bonchev–Trinajstić information content (AvgIpc) is 2.11. The van der Waals surface area contributed by atoms with Gasteiger partial charge in [0.2, 0.25) is 0 Å². The van der Waals surface area contributed by atoms with Crippen LogP contribution in [0.25, 0.3) is 0 Å². The SMILES string of the molecule is CSC(C)P(=O)(OCC(C)(C)C)N(C)C. The van der Waals surface area contributed by atoms with Crippen LogP contribution in [0.2, 0.25) is 0 Å². The highest BCUT2D eigenvalue weighted by Crippen LogP contribution is 2.57. The van der Waals surface area contributed by atoms with E-state index in [2.05, 4.69) is 20.8 Å². The number of hydrogen-bond acceptors (Lipinski definition) is 3. The van der Waals surface area contributed by atoms with Crippen molar-refractivity contribution in [1.29, 1.82) is 0 Å². The first-order chi connectivity index (χ1) is 6.63. The molecular formula is C10H24NO2PS. The molecule has 0 heterocycles. The Hall–Kier alpha value is 0.500. The third kappa shape index (κ3) is 4.90. The number of nitrogens with zero attached hydrogens (tertiary/aromatic N) is 1. The highest BCUT2D eigenvalue weighted by molar-refractivity contribution is 8.05. The predicted octanol–water partition coefficient (Wildman–Crippen LogP) is 3.51. The Morgan fingerprint density at radius 2 is 1.87 bits per heavy atom. The van der Waals surface area contributed by atoms with Gasteiger partial charge in [-0.05, 0) is 32.7 Å². The van der Waals surface area contributed by atoms with Gasteiger partial charge in [0, 0.05) is 0 Å². The van der Waals surface area contributed by atoms with Crippen molar-refractivity contribution in [3.05, 3.63) is 0 Å². The molecule has 0 aliphatic heterocycles. The summed E-state index contributed by atoms with van der Waals surface area (Å²) in [6.45, 7) is 8.71. The zero-order chi connectivity index (χ0) is 12.3. The smallest absolute Gasteiger partial charge is 0.284 e. The summed E-state index contributed by atoms with van der Waals surface area (Å²) in [4.78, 5) is 0.00912. The highest BCUT2D eigenvalue weighted by Gasteiger charge is 2.34. The van der Waals surface area contributed by atoms with E-state index in [-0.39, 0.29) is 10.4 Å². The number of rotatable bonds is 5. The van der Waals surface area contributed by atoms with Gasteiger partial charge >= 0.3 is 0 Å². The fourth-order valence-corrected chi connectivity index (χ4v) is 4.44. The van der Waals surface area contributed by atoms with Crippen LogP contribution >= 0.6 is 19.3 Å². The van der Waals surface area contributed by atoms with Crippen molar-refractivity contribution in [3.63, 3.8) is 0 Å². The molecule has 0 fully saturated rings. The van der Waals surface area contributed by atoms with Gasteiger partial charge in [0.15, 0.2) is 0 Å². The van der Waals surface area contributed by atoms with Crippen molar-refractivity contribution in [2.24, 2.45) is 5.41 Å². The van der Waals surface area contributed by atoms with Gasteiger partial charge in [0.05, 0.1) is 11.6 Å². The van der Waals surface area contributed by atoms with Crippen LogP contribution in [-0.4, -0.2) is 36.6 Å². The van der Waals surface area contributed by atoms with Crippen LogP contribution in [0.1, 0.15) is 27.7 Å². The molecule has 0 spiro atoms. The van der Waals surface area contributed by atoms with E-state index in [0.29, 0.717) is 6.61 Å². The van der Waals surface area contributed by atoms with Gasteiger partial charge < -0.3 is 4.52 Å². The normalized spacial score (nSPS) is 18.9. The van der Waals surface area contributed by atoms with Crippen molar-refractivity contribution in [2.75, 3.05) is 27.0 Å². The average molecular weight is 253 g/mol. The third-order valence-electron chi connectivity index (χ3n) is 2.04. The Kier molecular flexibility index (Phi) is 5.91. The van der Waals surface area contributed by atoms with Gasteiger partial charge in [-0.25, -0.2) is 4.67 Å². The van der Waals surface area contributed by atoms with Crippen LogP contribution in [0, 0.1) is 5.41 Å². The van der Waals surface area contributed by atoms with Gasteiger partial charge in [-0.2, -0.15) is 11.8 Å². The standard InChI is InChI=1S/C10H24NO2PS/c1-9(15-7)14(12,11(5)6)13-8-10(2,3)4/h9H,8H2,1-7H3. The molecule has 0 aromatic heterocycles. The molecule has 0 aromatic rings. The maximum absolute atomic E-state index is 12.6. The second-order valence-corrected chi connectivity index (χ2v) is 9.57. The van der Waals surface area contributed by atoms with E-state index in [0.717, 1.165) is 0 Å². The molecule has 0 bridgehead atoms. The largest absolute Gasteiger partial charge is 0.316 e. The molecule has 92 valence electrons. The lowest BCUT2D eigenvalue weighted by atomic mass is 9.99. The highest BCUT2D eigenvalue weighted by atomic mass is 32.2. The molecule has 2 unspecified atom stereocenters. The minimum atomic E-state index is -2.68. The predicted molar refractivity (Wildman–Crippen MR) is 69.7 cm³/mol. The molecular weight excluding hydrogens is 229 g/mol. The summed E-state index contributed by atoms with van der Waals surface area (Å²) in [5, 5.41) is 0. The molecule has 15 heavy (non-hydrogen) atoms. The topological polar surface area (TPSA) is 29.5 Å². The summed E-state index contributed by atoms with van der Waals surface area (Å²) in [7, 11) is 0.949. The summed E-state index contributed by atoms with van der Waals surface area (Å²) < 4.78 is 20.0. The first-order valence-electron chi connectivity index (χ1n) is 5.08. The van der Waals surface area contributed by atoms with Crippen LogP contribution < -0.4 is 0 Å². The summed E-state index contributed by atoms with van der Waals surface area (Å²) >= 11 is 1.58. The van der Waals surface area contributed by atoms with E-state index in [1.54, 1.807) is 16.4 Å². The van der Waals surface area contributed by atoms with Crippen molar-refractivity contribution in [2.45, 2.75) is 32.7 Å². The molecule has 3 nitrogen and oxygen atoms in total. The Morgan fingerprint density at radius 1 is 1.40 bits per heavy atom. The molecule has 0 saturated carbocycles. The molecule has 0 aliphatic carbocycles. The van der Waals surface area contributed by atoms with E-state index >= 15 is 0 Å². The molecule has 5 heteroatoms. The van der Waals surface area contributed by atoms with Gasteiger partial charge in [-0.3, -0.25) is 4.57 Å².